The molecule has 0 fully saturated rings. The highest BCUT2D eigenvalue weighted by atomic mass is 16.1. The van der Waals surface area contributed by atoms with E-state index in [-0.39, 0.29) is 5.78 Å². The maximum Gasteiger partial charge on any atom is 0.155 e. The van der Waals surface area contributed by atoms with Gasteiger partial charge in [0.2, 0.25) is 0 Å². The number of carbonyl (C=O) groups is 1. The Hall–Kier alpha value is -2.22. The minimum absolute atomic E-state index is 0.0973. The zero-order valence-electron chi connectivity index (χ0n) is 10.7. The second-order valence-corrected chi connectivity index (χ2v) is 3.82. The van der Waals surface area contributed by atoms with Crippen LogP contribution < -0.4 is 0 Å². The molecule has 0 bridgehead atoms. The standard InChI is InChI=1S/C16H17NO/c1-14(15(2)18)9-6-4-3-5-7-10-16-11-8-12-17-13-16/h3-13H,1-2H3. The molecule has 0 saturated heterocycles. The number of ketones is 1. The molecule has 0 aliphatic heterocycles. The number of nitrogens with zero attached hydrogens (tertiary/aromatic N) is 1. The average Bonchev–Trinajstić information content (AvgIpc) is 2.38. The van der Waals surface area contributed by atoms with Crippen molar-refractivity contribution in [2.24, 2.45) is 0 Å². The van der Waals surface area contributed by atoms with Crippen LogP contribution in [0.15, 0.2) is 66.6 Å². The lowest BCUT2D eigenvalue weighted by Crippen LogP contribution is -1.89. The van der Waals surface area contributed by atoms with Gasteiger partial charge in [0, 0.05) is 12.4 Å². The quantitative estimate of drug-likeness (QED) is 0.578. The van der Waals surface area contributed by atoms with Gasteiger partial charge in [-0.2, -0.15) is 0 Å². The molecule has 92 valence electrons. The lowest BCUT2D eigenvalue weighted by Gasteiger charge is -1.88. The molecule has 0 unspecified atom stereocenters. The highest BCUT2D eigenvalue weighted by molar-refractivity contribution is 5.92. The minimum Gasteiger partial charge on any atom is -0.295 e. The lowest BCUT2D eigenvalue weighted by molar-refractivity contribution is -0.113. The van der Waals surface area contributed by atoms with Gasteiger partial charge in [-0.05, 0) is 31.1 Å². The maximum absolute atomic E-state index is 10.9. The van der Waals surface area contributed by atoms with Crippen LogP contribution in [-0.4, -0.2) is 10.8 Å². The van der Waals surface area contributed by atoms with Crippen LogP contribution in [0.5, 0.6) is 0 Å². The molecule has 0 aliphatic rings. The second-order valence-electron chi connectivity index (χ2n) is 3.82. The Bertz CT molecular complexity index is 493. The molecule has 0 amide bonds. The zero-order chi connectivity index (χ0) is 13.2. The van der Waals surface area contributed by atoms with E-state index in [9.17, 15) is 4.79 Å². The number of hydrogen-bond donors (Lipinski definition) is 0. The monoisotopic (exact) mass is 239 g/mol. The first-order valence-corrected chi connectivity index (χ1v) is 5.79. The molecular formula is C16H17NO. The van der Waals surface area contributed by atoms with Gasteiger partial charge in [0.1, 0.15) is 0 Å². The number of hydrogen-bond acceptors (Lipinski definition) is 2. The van der Waals surface area contributed by atoms with E-state index in [0.717, 1.165) is 11.1 Å². The molecule has 0 saturated carbocycles. The third kappa shape index (κ3) is 5.75. The first kappa shape index (κ1) is 13.8. The average molecular weight is 239 g/mol. The van der Waals surface area contributed by atoms with Crippen LogP contribution >= 0.6 is 0 Å². The number of rotatable bonds is 5. The molecule has 1 aromatic rings. The van der Waals surface area contributed by atoms with Gasteiger partial charge in [-0.15, -0.1) is 0 Å². The maximum atomic E-state index is 10.9. The molecule has 0 aliphatic carbocycles. The fourth-order valence-electron chi connectivity index (χ4n) is 1.15. The van der Waals surface area contributed by atoms with Gasteiger partial charge < -0.3 is 0 Å². The number of pyridine rings is 1. The first-order valence-electron chi connectivity index (χ1n) is 5.79. The van der Waals surface area contributed by atoms with Crippen LogP contribution in [0.3, 0.4) is 0 Å². The fraction of sp³-hybridized carbons (Fsp3) is 0.125. The van der Waals surface area contributed by atoms with Crippen molar-refractivity contribution < 1.29 is 4.79 Å². The molecule has 0 spiro atoms. The molecule has 2 nitrogen and oxygen atoms in total. The van der Waals surface area contributed by atoms with Crippen molar-refractivity contribution >= 4 is 11.9 Å². The van der Waals surface area contributed by atoms with Crippen molar-refractivity contribution in [3.63, 3.8) is 0 Å². The van der Waals surface area contributed by atoms with Gasteiger partial charge in [0.05, 0.1) is 0 Å². The minimum atomic E-state index is 0.0973. The third-order valence-electron chi connectivity index (χ3n) is 2.32. The Balaban J connectivity index is 2.43. The summed E-state index contributed by atoms with van der Waals surface area (Å²) in [5.74, 6) is 0.0973. The highest BCUT2D eigenvalue weighted by Crippen LogP contribution is 1.98. The van der Waals surface area contributed by atoms with Crippen molar-refractivity contribution in [1.29, 1.82) is 0 Å². The summed E-state index contributed by atoms with van der Waals surface area (Å²) in [5.41, 5.74) is 1.82. The summed E-state index contributed by atoms with van der Waals surface area (Å²) in [7, 11) is 0. The Kier molecular flexibility index (Phi) is 6.12. The fourth-order valence-corrected chi connectivity index (χ4v) is 1.15. The van der Waals surface area contributed by atoms with E-state index in [0.29, 0.717) is 0 Å². The molecular weight excluding hydrogens is 222 g/mol. The highest BCUT2D eigenvalue weighted by Gasteiger charge is 1.90. The second kappa shape index (κ2) is 7.96. The molecule has 0 atom stereocenters. The molecule has 1 heterocycles. The summed E-state index contributed by atoms with van der Waals surface area (Å²) in [6, 6.07) is 3.89. The summed E-state index contributed by atoms with van der Waals surface area (Å²) in [6.45, 7) is 3.37. The first-order chi connectivity index (χ1) is 8.70. The van der Waals surface area contributed by atoms with Crippen LogP contribution in [0, 0.1) is 0 Å². The SMILES string of the molecule is CC(=O)C(C)=CC=CC=CC=Cc1cccnc1. The third-order valence-corrected chi connectivity index (χ3v) is 2.32. The van der Waals surface area contributed by atoms with Crippen molar-refractivity contribution in [1.82, 2.24) is 4.98 Å². The van der Waals surface area contributed by atoms with Gasteiger partial charge in [-0.3, -0.25) is 9.78 Å². The van der Waals surface area contributed by atoms with E-state index in [2.05, 4.69) is 4.98 Å². The van der Waals surface area contributed by atoms with E-state index < -0.39 is 0 Å². The number of Topliss-reactive ketones (excluding diaryl/α,β-unsaturated/α-hetero) is 1. The van der Waals surface area contributed by atoms with Crippen LogP contribution in [0.1, 0.15) is 19.4 Å². The summed E-state index contributed by atoms with van der Waals surface area (Å²) in [6.07, 6.45) is 16.9. The van der Waals surface area contributed by atoms with Gasteiger partial charge in [-0.25, -0.2) is 0 Å². The van der Waals surface area contributed by atoms with Crippen molar-refractivity contribution in [2.45, 2.75) is 13.8 Å². The molecule has 1 rings (SSSR count). The lowest BCUT2D eigenvalue weighted by atomic mass is 10.2. The van der Waals surface area contributed by atoms with E-state index in [1.165, 1.54) is 0 Å². The summed E-state index contributed by atoms with van der Waals surface area (Å²) < 4.78 is 0. The van der Waals surface area contributed by atoms with Crippen LogP contribution in [0.2, 0.25) is 0 Å². The van der Waals surface area contributed by atoms with E-state index in [1.54, 1.807) is 32.3 Å². The van der Waals surface area contributed by atoms with E-state index in [1.807, 2.05) is 48.6 Å². The predicted molar refractivity (Wildman–Crippen MR) is 76.0 cm³/mol. The summed E-state index contributed by atoms with van der Waals surface area (Å²) in [5, 5.41) is 0. The van der Waals surface area contributed by atoms with Crippen molar-refractivity contribution in [3.8, 4) is 0 Å². The van der Waals surface area contributed by atoms with Crippen molar-refractivity contribution in [3.05, 3.63) is 72.1 Å². The number of allylic oxidation sites excluding steroid dienone is 7. The van der Waals surface area contributed by atoms with E-state index >= 15 is 0 Å². The summed E-state index contributed by atoms with van der Waals surface area (Å²) >= 11 is 0. The Morgan fingerprint density at radius 1 is 1.11 bits per heavy atom. The van der Waals surface area contributed by atoms with Crippen LogP contribution in [0.25, 0.3) is 6.08 Å². The molecule has 1 aromatic heterocycles. The molecule has 2 heteroatoms. The summed E-state index contributed by atoms with van der Waals surface area (Å²) in [4.78, 5) is 14.9. The van der Waals surface area contributed by atoms with Crippen LogP contribution in [-0.2, 0) is 4.79 Å². The number of carbonyl (C=O) groups excluding carboxylic acids is 1. The molecule has 0 N–H and O–H groups in total. The predicted octanol–water partition coefficient (Wildman–Crippen LogP) is 3.74. The molecule has 0 aromatic carbocycles. The Labute approximate surface area is 108 Å². The Morgan fingerprint density at radius 2 is 1.83 bits per heavy atom. The van der Waals surface area contributed by atoms with Gasteiger partial charge >= 0.3 is 0 Å². The normalized spacial score (nSPS) is 12.9. The van der Waals surface area contributed by atoms with Gasteiger partial charge in [0.15, 0.2) is 5.78 Å². The topological polar surface area (TPSA) is 30.0 Å². The van der Waals surface area contributed by atoms with E-state index in [4.69, 9.17) is 0 Å². The van der Waals surface area contributed by atoms with Crippen LogP contribution in [0.4, 0.5) is 0 Å². The molecule has 0 radical (unpaired) electrons. The van der Waals surface area contributed by atoms with Gasteiger partial charge in [-0.1, -0.05) is 48.6 Å². The zero-order valence-corrected chi connectivity index (χ0v) is 10.7. The Morgan fingerprint density at radius 3 is 2.50 bits per heavy atom. The number of aromatic nitrogens is 1. The smallest absolute Gasteiger partial charge is 0.155 e. The molecule has 18 heavy (non-hydrogen) atoms. The van der Waals surface area contributed by atoms with Crippen molar-refractivity contribution in [2.75, 3.05) is 0 Å². The largest absolute Gasteiger partial charge is 0.295 e. The van der Waals surface area contributed by atoms with Gasteiger partial charge in [0.25, 0.3) is 0 Å².